The third kappa shape index (κ3) is 1.61. The minimum absolute atomic E-state index is 0.681. The molecule has 94 valence electrons. The minimum atomic E-state index is 0.681. The molecule has 0 radical (unpaired) electrons. The summed E-state index contributed by atoms with van der Waals surface area (Å²) in [7, 11) is 0. The predicted molar refractivity (Wildman–Crippen MR) is 79.1 cm³/mol. The van der Waals surface area contributed by atoms with Crippen LogP contribution in [0, 0.1) is 0 Å². The first-order valence-corrected chi connectivity index (χ1v) is 7.02. The molecule has 1 aliphatic rings. The summed E-state index contributed by atoms with van der Waals surface area (Å²) in [6.45, 7) is 6.89. The van der Waals surface area contributed by atoms with Crippen molar-refractivity contribution in [3.05, 3.63) is 41.1 Å². The third-order valence-electron chi connectivity index (χ3n) is 4.21. The standard InChI is InChI=1S/C17H21N/c1-4-5-6-13-10-15-11(2)9-12(3)16(15)17-14(13)7-8-18-17/h5-8,10-12,18H,4,9H2,1-3H3/b6-5+/t11-,12-/m1/s1. The van der Waals surface area contributed by atoms with Crippen molar-refractivity contribution in [1.82, 2.24) is 4.98 Å². The number of hydrogen-bond acceptors (Lipinski definition) is 0. The molecular weight excluding hydrogens is 218 g/mol. The average molecular weight is 239 g/mol. The second-order valence-corrected chi connectivity index (χ2v) is 5.58. The van der Waals surface area contributed by atoms with E-state index in [-0.39, 0.29) is 0 Å². The van der Waals surface area contributed by atoms with Gasteiger partial charge in [-0.05, 0) is 47.4 Å². The lowest BCUT2D eigenvalue weighted by molar-refractivity contribution is 0.662. The molecule has 3 rings (SSSR count). The number of aromatic nitrogens is 1. The molecule has 0 saturated carbocycles. The monoisotopic (exact) mass is 239 g/mol. The lowest BCUT2D eigenvalue weighted by atomic mass is 9.96. The highest BCUT2D eigenvalue weighted by atomic mass is 14.7. The van der Waals surface area contributed by atoms with E-state index in [9.17, 15) is 0 Å². The minimum Gasteiger partial charge on any atom is -0.361 e. The van der Waals surface area contributed by atoms with Gasteiger partial charge in [0.25, 0.3) is 0 Å². The summed E-state index contributed by atoms with van der Waals surface area (Å²) in [6.07, 6.45) is 8.96. The lowest BCUT2D eigenvalue weighted by Gasteiger charge is -2.10. The van der Waals surface area contributed by atoms with Gasteiger partial charge in [-0.3, -0.25) is 0 Å². The quantitative estimate of drug-likeness (QED) is 0.741. The van der Waals surface area contributed by atoms with Gasteiger partial charge in [-0.25, -0.2) is 0 Å². The number of aromatic amines is 1. The Kier molecular flexibility index (Phi) is 2.77. The number of benzene rings is 1. The molecule has 0 amide bonds. The molecule has 0 spiro atoms. The molecule has 1 aromatic heterocycles. The van der Waals surface area contributed by atoms with Gasteiger partial charge in [0.15, 0.2) is 0 Å². The maximum atomic E-state index is 3.45. The molecule has 18 heavy (non-hydrogen) atoms. The van der Waals surface area contributed by atoms with Crippen LogP contribution in [0.15, 0.2) is 24.4 Å². The van der Waals surface area contributed by atoms with Crippen LogP contribution >= 0.6 is 0 Å². The maximum absolute atomic E-state index is 3.45. The van der Waals surface area contributed by atoms with Crippen LogP contribution in [0.4, 0.5) is 0 Å². The summed E-state index contributed by atoms with van der Waals surface area (Å²) in [6, 6.07) is 4.62. The normalized spacial score (nSPS) is 23.1. The Morgan fingerprint density at radius 3 is 2.94 bits per heavy atom. The highest BCUT2D eigenvalue weighted by Crippen LogP contribution is 2.45. The van der Waals surface area contributed by atoms with E-state index in [0.717, 1.165) is 6.42 Å². The fourth-order valence-corrected chi connectivity index (χ4v) is 3.40. The molecule has 0 unspecified atom stereocenters. The Balaban J connectivity index is 2.28. The van der Waals surface area contributed by atoms with Crippen molar-refractivity contribution in [3.63, 3.8) is 0 Å². The molecule has 0 saturated heterocycles. The smallest absolute Gasteiger partial charge is 0.0498 e. The first-order valence-electron chi connectivity index (χ1n) is 7.02. The molecule has 2 aromatic rings. The van der Waals surface area contributed by atoms with Crippen LogP contribution in [0.2, 0.25) is 0 Å². The molecule has 0 aliphatic heterocycles. The number of fused-ring (bicyclic) bond motifs is 3. The summed E-state index contributed by atoms with van der Waals surface area (Å²) >= 11 is 0. The maximum Gasteiger partial charge on any atom is 0.0498 e. The molecular formula is C17H21N. The van der Waals surface area contributed by atoms with Crippen LogP contribution in [0.1, 0.15) is 62.1 Å². The van der Waals surface area contributed by atoms with E-state index in [1.165, 1.54) is 22.9 Å². The zero-order chi connectivity index (χ0) is 12.7. The first kappa shape index (κ1) is 11.6. The zero-order valence-corrected chi connectivity index (χ0v) is 11.5. The zero-order valence-electron chi connectivity index (χ0n) is 11.5. The van der Waals surface area contributed by atoms with Crippen molar-refractivity contribution in [3.8, 4) is 0 Å². The highest BCUT2D eigenvalue weighted by Gasteiger charge is 2.28. The lowest BCUT2D eigenvalue weighted by Crippen LogP contribution is -1.91. The molecule has 1 aromatic carbocycles. The van der Waals surface area contributed by atoms with Crippen molar-refractivity contribution < 1.29 is 0 Å². The summed E-state index contributed by atoms with van der Waals surface area (Å²) in [5.74, 6) is 1.37. The fraction of sp³-hybridized carbons (Fsp3) is 0.412. The largest absolute Gasteiger partial charge is 0.361 e. The Morgan fingerprint density at radius 1 is 1.33 bits per heavy atom. The van der Waals surface area contributed by atoms with Gasteiger partial charge in [0.05, 0.1) is 0 Å². The Hall–Kier alpha value is -1.50. The van der Waals surface area contributed by atoms with Crippen LogP contribution in [-0.2, 0) is 0 Å². The van der Waals surface area contributed by atoms with Gasteiger partial charge in [-0.1, -0.05) is 39.0 Å². The number of H-pyrrole nitrogens is 1. The SMILES string of the molecule is CC/C=C/c1cc2c(c3[nH]ccc13)[C@H](C)C[C@H]2C. The molecule has 1 aliphatic carbocycles. The predicted octanol–water partition coefficient (Wildman–Crippen LogP) is 5.20. The summed E-state index contributed by atoms with van der Waals surface area (Å²) in [4.78, 5) is 3.45. The fourth-order valence-electron chi connectivity index (χ4n) is 3.40. The van der Waals surface area contributed by atoms with Crippen LogP contribution in [0.5, 0.6) is 0 Å². The van der Waals surface area contributed by atoms with Gasteiger partial charge in [-0.15, -0.1) is 0 Å². The Labute approximate surface area is 109 Å². The molecule has 0 bridgehead atoms. The van der Waals surface area contributed by atoms with Crippen molar-refractivity contribution in [2.45, 2.75) is 45.4 Å². The van der Waals surface area contributed by atoms with Gasteiger partial charge in [0.1, 0.15) is 0 Å². The molecule has 0 fully saturated rings. The van der Waals surface area contributed by atoms with Crippen molar-refractivity contribution in [2.75, 3.05) is 0 Å². The van der Waals surface area contributed by atoms with E-state index in [1.807, 2.05) is 0 Å². The molecule has 1 N–H and O–H groups in total. The van der Waals surface area contributed by atoms with E-state index in [0.29, 0.717) is 11.8 Å². The highest BCUT2D eigenvalue weighted by molar-refractivity contribution is 5.92. The molecule has 2 atom stereocenters. The molecule has 1 heterocycles. The van der Waals surface area contributed by atoms with Gasteiger partial charge < -0.3 is 4.98 Å². The van der Waals surface area contributed by atoms with Gasteiger partial charge >= 0.3 is 0 Å². The molecule has 1 nitrogen and oxygen atoms in total. The van der Waals surface area contributed by atoms with Gasteiger partial charge in [-0.2, -0.15) is 0 Å². The topological polar surface area (TPSA) is 15.8 Å². The van der Waals surface area contributed by atoms with Crippen molar-refractivity contribution >= 4 is 17.0 Å². The van der Waals surface area contributed by atoms with E-state index in [2.05, 4.69) is 56.2 Å². The summed E-state index contributed by atoms with van der Waals surface area (Å²) in [5, 5.41) is 1.37. The number of rotatable bonds is 2. The number of allylic oxidation sites excluding steroid dienone is 1. The van der Waals surface area contributed by atoms with Crippen LogP contribution in [0.25, 0.3) is 17.0 Å². The van der Waals surface area contributed by atoms with Crippen LogP contribution in [0.3, 0.4) is 0 Å². The van der Waals surface area contributed by atoms with Crippen LogP contribution < -0.4 is 0 Å². The van der Waals surface area contributed by atoms with E-state index < -0.39 is 0 Å². The van der Waals surface area contributed by atoms with E-state index >= 15 is 0 Å². The van der Waals surface area contributed by atoms with Gasteiger partial charge in [0.2, 0.25) is 0 Å². The second kappa shape index (κ2) is 4.31. The first-order chi connectivity index (χ1) is 8.72. The third-order valence-corrected chi connectivity index (χ3v) is 4.21. The second-order valence-electron chi connectivity index (χ2n) is 5.58. The summed E-state index contributed by atoms with van der Waals surface area (Å²) in [5.41, 5.74) is 5.83. The Morgan fingerprint density at radius 2 is 2.17 bits per heavy atom. The average Bonchev–Trinajstić information content (AvgIpc) is 2.92. The van der Waals surface area contributed by atoms with Crippen LogP contribution in [-0.4, -0.2) is 4.98 Å². The van der Waals surface area contributed by atoms with Crippen molar-refractivity contribution in [1.29, 1.82) is 0 Å². The number of nitrogens with one attached hydrogen (secondary N) is 1. The van der Waals surface area contributed by atoms with E-state index in [4.69, 9.17) is 0 Å². The van der Waals surface area contributed by atoms with Gasteiger partial charge in [0, 0.05) is 17.1 Å². The summed E-state index contributed by atoms with van der Waals surface area (Å²) < 4.78 is 0. The number of hydrogen-bond donors (Lipinski definition) is 1. The molecule has 1 heteroatoms. The van der Waals surface area contributed by atoms with E-state index in [1.54, 1.807) is 11.1 Å². The van der Waals surface area contributed by atoms with Crippen molar-refractivity contribution in [2.24, 2.45) is 0 Å². The Bertz CT molecular complexity index is 603.